The van der Waals surface area contributed by atoms with Gasteiger partial charge < -0.3 is 15.4 Å². The molecule has 0 saturated carbocycles. The van der Waals surface area contributed by atoms with Crippen molar-refractivity contribution in [3.8, 4) is 5.75 Å². The monoisotopic (exact) mass is 416 g/mol. The Balaban J connectivity index is 1.59. The first-order valence-corrected chi connectivity index (χ1v) is 9.24. The second kappa shape index (κ2) is 8.91. The third-order valence-electron chi connectivity index (χ3n) is 3.80. The molecule has 0 aliphatic rings. The highest BCUT2D eigenvalue weighted by Crippen LogP contribution is 2.28. The van der Waals surface area contributed by atoms with Gasteiger partial charge in [-0.15, -0.1) is 0 Å². The Bertz CT molecular complexity index is 980. The normalized spacial score (nSPS) is 11.6. The van der Waals surface area contributed by atoms with Gasteiger partial charge in [0.1, 0.15) is 17.9 Å². The SMILES string of the molecule is Cc1cc(Nc2ccc(NC(=O)C(C)Oc3ccc(Cl)cc3Cl)cc2)ncn1. The molecule has 1 amide bonds. The molecule has 1 heterocycles. The Labute approximate surface area is 172 Å². The van der Waals surface area contributed by atoms with Gasteiger partial charge in [-0.05, 0) is 56.3 Å². The molecule has 3 aromatic rings. The molecular weight excluding hydrogens is 399 g/mol. The number of carbonyl (C=O) groups excluding carboxylic acids is 1. The number of aryl methyl sites for hydroxylation is 1. The number of benzene rings is 2. The summed E-state index contributed by atoms with van der Waals surface area (Å²) in [4.78, 5) is 20.6. The van der Waals surface area contributed by atoms with E-state index < -0.39 is 6.10 Å². The van der Waals surface area contributed by atoms with Crippen LogP contribution < -0.4 is 15.4 Å². The summed E-state index contributed by atoms with van der Waals surface area (Å²) in [5.41, 5.74) is 2.36. The van der Waals surface area contributed by atoms with Crippen LogP contribution in [0.1, 0.15) is 12.6 Å². The number of amides is 1. The van der Waals surface area contributed by atoms with Crippen LogP contribution in [0.2, 0.25) is 10.0 Å². The molecule has 0 bridgehead atoms. The van der Waals surface area contributed by atoms with E-state index in [-0.39, 0.29) is 5.91 Å². The van der Waals surface area contributed by atoms with Crippen molar-refractivity contribution in [2.75, 3.05) is 10.6 Å². The molecule has 2 aromatic carbocycles. The molecule has 0 radical (unpaired) electrons. The predicted molar refractivity (Wildman–Crippen MR) is 112 cm³/mol. The molecule has 1 atom stereocenters. The van der Waals surface area contributed by atoms with Gasteiger partial charge in [0, 0.05) is 28.2 Å². The van der Waals surface area contributed by atoms with Gasteiger partial charge in [0.2, 0.25) is 0 Å². The molecule has 0 saturated heterocycles. The molecule has 0 aliphatic heterocycles. The number of halogens is 2. The van der Waals surface area contributed by atoms with E-state index >= 15 is 0 Å². The van der Waals surface area contributed by atoms with Crippen molar-refractivity contribution in [3.63, 3.8) is 0 Å². The van der Waals surface area contributed by atoms with Crippen LogP contribution in [0.25, 0.3) is 0 Å². The number of hydrogen-bond acceptors (Lipinski definition) is 5. The summed E-state index contributed by atoms with van der Waals surface area (Å²) in [5.74, 6) is 0.803. The fourth-order valence-corrected chi connectivity index (χ4v) is 2.82. The summed E-state index contributed by atoms with van der Waals surface area (Å²) in [6, 6.07) is 13.9. The second-order valence-electron chi connectivity index (χ2n) is 6.07. The first kappa shape index (κ1) is 19.9. The topological polar surface area (TPSA) is 76.1 Å². The molecule has 0 aliphatic carbocycles. The van der Waals surface area contributed by atoms with Crippen molar-refractivity contribution in [2.45, 2.75) is 20.0 Å². The third-order valence-corrected chi connectivity index (χ3v) is 4.33. The maximum Gasteiger partial charge on any atom is 0.265 e. The van der Waals surface area contributed by atoms with Crippen LogP contribution in [-0.2, 0) is 4.79 Å². The zero-order valence-electron chi connectivity index (χ0n) is 15.2. The lowest BCUT2D eigenvalue weighted by molar-refractivity contribution is -0.122. The molecule has 1 unspecified atom stereocenters. The lowest BCUT2D eigenvalue weighted by atomic mass is 10.2. The number of aromatic nitrogens is 2. The van der Waals surface area contributed by atoms with E-state index in [2.05, 4.69) is 20.6 Å². The van der Waals surface area contributed by atoms with Gasteiger partial charge in [-0.1, -0.05) is 23.2 Å². The Kier molecular flexibility index (Phi) is 6.34. The van der Waals surface area contributed by atoms with Crippen molar-refractivity contribution in [1.29, 1.82) is 0 Å². The zero-order valence-corrected chi connectivity index (χ0v) is 16.8. The van der Waals surface area contributed by atoms with Crippen molar-refractivity contribution in [2.24, 2.45) is 0 Å². The highest BCUT2D eigenvalue weighted by atomic mass is 35.5. The van der Waals surface area contributed by atoms with E-state index in [1.54, 1.807) is 37.3 Å². The Morgan fingerprint density at radius 2 is 1.75 bits per heavy atom. The quantitative estimate of drug-likeness (QED) is 0.574. The van der Waals surface area contributed by atoms with Crippen LogP contribution in [-0.4, -0.2) is 22.0 Å². The van der Waals surface area contributed by atoms with Crippen LogP contribution in [0.5, 0.6) is 5.75 Å². The Morgan fingerprint density at radius 1 is 1.04 bits per heavy atom. The molecular formula is C20H18Cl2N4O2. The van der Waals surface area contributed by atoms with E-state index in [1.165, 1.54) is 6.33 Å². The van der Waals surface area contributed by atoms with Crippen molar-refractivity contribution in [1.82, 2.24) is 9.97 Å². The van der Waals surface area contributed by atoms with Gasteiger partial charge in [-0.25, -0.2) is 9.97 Å². The molecule has 8 heteroatoms. The minimum absolute atomic E-state index is 0.293. The first-order valence-electron chi connectivity index (χ1n) is 8.49. The molecule has 6 nitrogen and oxygen atoms in total. The average molecular weight is 417 g/mol. The van der Waals surface area contributed by atoms with Crippen LogP contribution in [0.3, 0.4) is 0 Å². The summed E-state index contributed by atoms with van der Waals surface area (Å²) < 4.78 is 5.62. The number of anilines is 3. The molecule has 0 spiro atoms. The smallest absolute Gasteiger partial charge is 0.265 e. The van der Waals surface area contributed by atoms with Crippen LogP contribution in [0.4, 0.5) is 17.2 Å². The van der Waals surface area contributed by atoms with Crippen LogP contribution in [0.15, 0.2) is 54.9 Å². The molecule has 1 aromatic heterocycles. The maximum atomic E-state index is 12.4. The molecule has 2 N–H and O–H groups in total. The number of nitrogens with one attached hydrogen (secondary N) is 2. The second-order valence-corrected chi connectivity index (χ2v) is 6.91. The van der Waals surface area contributed by atoms with Crippen molar-refractivity contribution < 1.29 is 9.53 Å². The van der Waals surface area contributed by atoms with Gasteiger partial charge in [-0.2, -0.15) is 0 Å². The predicted octanol–water partition coefficient (Wildman–Crippen LogP) is 5.24. The Morgan fingerprint density at radius 3 is 2.43 bits per heavy atom. The van der Waals surface area contributed by atoms with E-state index in [9.17, 15) is 4.79 Å². The van der Waals surface area contributed by atoms with Crippen molar-refractivity contribution in [3.05, 3.63) is 70.6 Å². The number of hydrogen-bond donors (Lipinski definition) is 2. The summed E-state index contributed by atoms with van der Waals surface area (Å²) in [6.07, 6.45) is 0.765. The van der Waals surface area contributed by atoms with Crippen molar-refractivity contribution >= 4 is 46.3 Å². The van der Waals surface area contributed by atoms with Crippen LogP contribution >= 0.6 is 23.2 Å². The molecule has 144 valence electrons. The van der Waals surface area contributed by atoms with E-state index in [0.29, 0.717) is 27.3 Å². The lowest BCUT2D eigenvalue weighted by Crippen LogP contribution is -2.30. The van der Waals surface area contributed by atoms with E-state index in [4.69, 9.17) is 27.9 Å². The summed E-state index contributed by atoms with van der Waals surface area (Å²) in [7, 11) is 0. The standard InChI is InChI=1S/C20H18Cl2N4O2/c1-12-9-19(24-11-23-12)25-15-4-6-16(7-5-15)26-20(27)13(2)28-18-8-3-14(21)10-17(18)22/h3-11,13H,1-2H3,(H,26,27)(H,23,24,25). The van der Waals surface area contributed by atoms with Gasteiger partial charge in [0.15, 0.2) is 6.10 Å². The summed E-state index contributed by atoms with van der Waals surface area (Å²) in [5, 5.41) is 6.83. The minimum Gasteiger partial charge on any atom is -0.479 e. The number of nitrogens with zero attached hydrogens (tertiary/aromatic N) is 2. The van der Waals surface area contributed by atoms with Crippen LogP contribution in [0, 0.1) is 6.92 Å². The summed E-state index contributed by atoms with van der Waals surface area (Å²) in [6.45, 7) is 3.54. The fourth-order valence-electron chi connectivity index (χ4n) is 2.37. The fraction of sp³-hybridized carbons (Fsp3) is 0.150. The largest absolute Gasteiger partial charge is 0.479 e. The number of rotatable bonds is 6. The van der Waals surface area contributed by atoms with E-state index in [1.807, 2.05) is 25.1 Å². The first-order chi connectivity index (χ1) is 13.4. The number of carbonyl (C=O) groups is 1. The maximum absolute atomic E-state index is 12.4. The molecule has 28 heavy (non-hydrogen) atoms. The summed E-state index contributed by atoms with van der Waals surface area (Å²) >= 11 is 11.9. The zero-order chi connectivity index (χ0) is 20.1. The lowest BCUT2D eigenvalue weighted by Gasteiger charge is -2.16. The Hall–Kier alpha value is -2.83. The number of ether oxygens (including phenoxy) is 1. The molecule has 3 rings (SSSR count). The van der Waals surface area contributed by atoms with Gasteiger partial charge >= 0.3 is 0 Å². The van der Waals surface area contributed by atoms with Gasteiger partial charge in [-0.3, -0.25) is 4.79 Å². The average Bonchev–Trinajstić information content (AvgIpc) is 2.65. The minimum atomic E-state index is -0.736. The van der Waals surface area contributed by atoms with Gasteiger partial charge in [0.25, 0.3) is 5.91 Å². The van der Waals surface area contributed by atoms with E-state index in [0.717, 1.165) is 11.4 Å². The molecule has 0 fully saturated rings. The third kappa shape index (κ3) is 5.34. The highest BCUT2D eigenvalue weighted by Gasteiger charge is 2.16. The van der Waals surface area contributed by atoms with Gasteiger partial charge in [0.05, 0.1) is 5.02 Å². The highest BCUT2D eigenvalue weighted by molar-refractivity contribution is 6.35.